The number of carboxylic acid groups (broad SMARTS) is 1. The fraction of sp³-hybridized carbons (Fsp3) is 0.471. The number of hydrogen-bond acceptors (Lipinski definition) is 4. The number of fused-ring (bicyclic) bond motifs is 1. The molecule has 3 rings (SSSR count). The second kappa shape index (κ2) is 8.58. The van der Waals surface area contributed by atoms with Crippen LogP contribution in [0, 0.1) is 5.82 Å². The summed E-state index contributed by atoms with van der Waals surface area (Å²) in [5.74, 6) is -3.28. The first-order valence-electron chi connectivity index (χ1n) is 8.41. The monoisotopic (exact) mass is 424 g/mol. The number of halogens is 4. The predicted molar refractivity (Wildman–Crippen MR) is 92.6 cm³/mol. The van der Waals surface area contributed by atoms with E-state index >= 15 is 0 Å². The van der Waals surface area contributed by atoms with Crippen LogP contribution in [0.4, 0.5) is 17.6 Å². The van der Waals surface area contributed by atoms with Crippen molar-refractivity contribution >= 4 is 16.0 Å². The van der Waals surface area contributed by atoms with Crippen LogP contribution < -0.4 is 0 Å². The van der Waals surface area contributed by atoms with Gasteiger partial charge in [0.05, 0.1) is 4.90 Å². The molecule has 2 fully saturated rings. The second-order valence-electron chi connectivity index (χ2n) is 6.37. The van der Waals surface area contributed by atoms with Gasteiger partial charge in [0.25, 0.3) is 0 Å². The van der Waals surface area contributed by atoms with Crippen LogP contribution in [0.1, 0.15) is 12.8 Å². The first kappa shape index (κ1) is 22.3. The van der Waals surface area contributed by atoms with Crippen molar-refractivity contribution in [2.45, 2.75) is 36.0 Å². The summed E-state index contributed by atoms with van der Waals surface area (Å²) in [6.45, 7) is 5.92. The highest BCUT2D eigenvalue weighted by molar-refractivity contribution is 7.89. The molecule has 0 saturated carbocycles. The molecule has 0 aliphatic carbocycles. The van der Waals surface area contributed by atoms with Crippen molar-refractivity contribution in [1.82, 2.24) is 9.21 Å². The maximum Gasteiger partial charge on any atom is 0.490 e. The molecular weight excluding hydrogens is 404 g/mol. The lowest BCUT2D eigenvalue weighted by Crippen LogP contribution is -2.39. The molecule has 1 aromatic rings. The molecule has 1 N–H and O–H groups in total. The highest BCUT2D eigenvalue weighted by Crippen LogP contribution is 2.35. The Morgan fingerprint density at radius 1 is 1.25 bits per heavy atom. The van der Waals surface area contributed by atoms with E-state index in [1.807, 2.05) is 6.08 Å². The van der Waals surface area contributed by atoms with E-state index < -0.39 is 28.0 Å². The minimum atomic E-state index is -5.08. The molecule has 1 aromatic carbocycles. The largest absolute Gasteiger partial charge is 0.490 e. The zero-order chi connectivity index (χ0) is 21.1. The molecule has 2 aliphatic heterocycles. The minimum absolute atomic E-state index is 0.00165. The molecule has 156 valence electrons. The minimum Gasteiger partial charge on any atom is -0.475 e. The number of carboxylic acids is 1. The van der Waals surface area contributed by atoms with Crippen molar-refractivity contribution in [3.63, 3.8) is 0 Å². The molecule has 0 amide bonds. The SMILES string of the molecule is C=CCN1CC[C@@H]2[C@@H]1CCN2S(=O)(=O)c1cccc(F)c1.O=C(O)C(F)(F)F. The summed E-state index contributed by atoms with van der Waals surface area (Å²) in [5, 5.41) is 7.12. The summed E-state index contributed by atoms with van der Waals surface area (Å²) in [4.78, 5) is 11.2. The molecule has 2 aliphatic rings. The van der Waals surface area contributed by atoms with Gasteiger partial charge in [-0.1, -0.05) is 12.1 Å². The van der Waals surface area contributed by atoms with Gasteiger partial charge in [-0.2, -0.15) is 17.5 Å². The van der Waals surface area contributed by atoms with Crippen LogP contribution in [0.15, 0.2) is 41.8 Å². The van der Waals surface area contributed by atoms with E-state index in [9.17, 15) is 26.0 Å². The Hall–Kier alpha value is -1.98. The Balaban J connectivity index is 0.000000345. The van der Waals surface area contributed by atoms with Crippen LogP contribution in [0.5, 0.6) is 0 Å². The van der Waals surface area contributed by atoms with Gasteiger partial charge in [-0.05, 0) is 31.0 Å². The molecular formula is C17H20F4N2O4S. The van der Waals surface area contributed by atoms with Gasteiger partial charge in [0.2, 0.25) is 10.0 Å². The molecule has 6 nitrogen and oxygen atoms in total. The summed E-state index contributed by atoms with van der Waals surface area (Å²) >= 11 is 0. The topological polar surface area (TPSA) is 77.9 Å². The van der Waals surface area contributed by atoms with Gasteiger partial charge in [0, 0.05) is 31.7 Å². The van der Waals surface area contributed by atoms with Crippen LogP contribution in [0.2, 0.25) is 0 Å². The van der Waals surface area contributed by atoms with E-state index in [4.69, 9.17) is 9.90 Å². The Bertz CT molecular complexity index is 829. The molecule has 2 heterocycles. The van der Waals surface area contributed by atoms with Gasteiger partial charge in [-0.25, -0.2) is 17.6 Å². The maximum absolute atomic E-state index is 13.3. The Kier molecular flexibility index (Phi) is 6.84. The van der Waals surface area contributed by atoms with E-state index in [2.05, 4.69) is 11.5 Å². The van der Waals surface area contributed by atoms with Crippen molar-refractivity contribution < 1.29 is 35.9 Å². The molecule has 0 bridgehead atoms. The van der Waals surface area contributed by atoms with Crippen molar-refractivity contribution in [2.24, 2.45) is 0 Å². The first-order chi connectivity index (χ1) is 13.0. The average molecular weight is 424 g/mol. The Morgan fingerprint density at radius 2 is 1.86 bits per heavy atom. The number of aliphatic carboxylic acids is 1. The van der Waals surface area contributed by atoms with E-state index in [0.29, 0.717) is 6.54 Å². The van der Waals surface area contributed by atoms with Crippen molar-refractivity contribution in [2.75, 3.05) is 19.6 Å². The van der Waals surface area contributed by atoms with E-state index in [-0.39, 0.29) is 17.0 Å². The predicted octanol–water partition coefficient (Wildman–Crippen LogP) is 2.48. The summed E-state index contributed by atoms with van der Waals surface area (Å²) in [5.41, 5.74) is 0. The highest BCUT2D eigenvalue weighted by Gasteiger charge is 2.47. The average Bonchev–Trinajstić information content (AvgIpc) is 3.18. The van der Waals surface area contributed by atoms with Gasteiger partial charge in [-0.15, -0.1) is 6.58 Å². The summed E-state index contributed by atoms with van der Waals surface area (Å²) in [6, 6.07) is 5.51. The van der Waals surface area contributed by atoms with Crippen LogP contribution in [-0.4, -0.2) is 66.6 Å². The van der Waals surface area contributed by atoms with E-state index in [1.165, 1.54) is 18.2 Å². The molecule has 0 radical (unpaired) electrons. The molecule has 11 heteroatoms. The highest BCUT2D eigenvalue weighted by atomic mass is 32.2. The Labute approximate surface area is 160 Å². The van der Waals surface area contributed by atoms with Crippen LogP contribution in [0.25, 0.3) is 0 Å². The number of nitrogens with zero attached hydrogens (tertiary/aromatic N) is 2. The third kappa shape index (κ3) is 4.89. The third-order valence-electron chi connectivity index (χ3n) is 4.65. The quantitative estimate of drug-likeness (QED) is 0.594. The fourth-order valence-electron chi connectivity index (χ4n) is 3.49. The third-order valence-corrected chi connectivity index (χ3v) is 6.57. The molecule has 2 atom stereocenters. The normalized spacial score (nSPS) is 23.0. The van der Waals surface area contributed by atoms with Gasteiger partial charge < -0.3 is 5.11 Å². The molecule has 2 saturated heterocycles. The number of likely N-dealkylation sites (tertiary alicyclic amines) is 1. The number of alkyl halides is 3. The molecule has 0 unspecified atom stereocenters. The second-order valence-corrected chi connectivity index (χ2v) is 8.26. The zero-order valence-corrected chi connectivity index (χ0v) is 15.6. The number of sulfonamides is 1. The number of rotatable bonds is 4. The van der Waals surface area contributed by atoms with Crippen LogP contribution >= 0.6 is 0 Å². The standard InChI is InChI=1S/C15H19FN2O2S.C2HF3O2/c1-2-8-17-9-6-15-14(17)7-10-18(15)21(19,20)13-5-3-4-12(16)11-13;3-2(4,5)1(6)7/h2-5,11,14-15H,1,6-10H2;(H,6,7)/t14-,15+;/m0./s1. The van der Waals surface area contributed by atoms with E-state index in [0.717, 1.165) is 32.0 Å². The summed E-state index contributed by atoms with van der Waals surface area (Å²) in [6.07, 6.45) is -1.58. The van der Waals surface area contributed by atoms with Gasteiger partial charge in [-0.3, -0.25) is 4.90 Å². The summed E-state index contributed by atoms with van der Waals surface area (Å²) < 4.78 is 72.0. The summed E-state index contributed by atoms with van der Waals surface area (Å²) in [7, 11) is -3.61. The molecule has 0 spiro atoms. The van der Waals surface area contributed by atoms with Crippen molar-refractivity contribution in [3.8, 4) is 0 Å². The van der Waals surface area contributed by atoms with Crippen LogP contribution in [0.3, 0.4) is 0 Å². The van der Waals surface area contributed by atoms with Crippen molar-refractivity contribution in [3.05, 3.63) is 42.7 Å². The number of benzene rings is 1. The van der Waals surface area contributed by atoms with Gasteiger partial charge in [0.1, 0.15) is 5.82 Å². The smallest absolute Gasteiger partial charge is 0.475 e. The number of carbonyl (C=O) groups is 1. The fourth-order valence-corrected chi connectivity index (χ4v) is 5.22. The first-order valence-corrected chi connectivity index (χ1v) is 9.85. The maximum atomic E-state index is 13.3. The Morgan fingerprint density at radius 3 is 2.39 bits per heavy atom. The van der Waals surface area contributed by atoms with Gasteiger partial charge in [0.15, 0.2) is 0 Å². The van der Waals surface area contributed by atoms with Crippen molar-refractivity contribution in [1.29, 1.82) is 0 Å². The molecule has 28 heavy (non-hydrogen) atoms. The van der Waals surface area contributed by atoms with Crippen LogP contribution in [-0.2, 0) is 14.8 Å². The van der Waals surface area contributed by atoms with Gasteiger partial charge >= 0.3 is 12.1 Å². The lowest BCUT2D eigenvalue weighted by molar-refractivity contribution is -0.192. The number of hydrogen-bond donors (Lipinski definition) is 1. The zero-order valence-electron chi connectivity index (χ0n) is 14.8. The molecule has 0 aromatic heterocycles. The lowest BCUT2D eigenvalue weighted by Gasteiger charge is -2.24. The lowest BCUT2D eigenvalue weighted by atomic mass is 10.1. The van der Waals surface area contributed by atoms with E-state index in [1.54, 1.807) is 4.31 Å².